The monoisotopic (exact) mass is 578 g/mol. The average molecular weight is 579 g/mol. The number of imide groups is 2. The lowest BCUT2D eigenvalue weighted by molar-refractivity contribution is -0.122. The van der Waals surface area contributed by atoms with Crippen molar-refractivity contribution in [1.82, 2.24) is 5.32 Å². The molecule has 1 fully saturated rings. The molecular weight excluding hydrogens is 556 g/mol. The first kappa shape index (κ1) is 26.6. The van der Waals surface area contributed by atoms with E-state index >= 15 is 0 Å². The highest BCUT2D eigenvalue weighted by Gasteiger charge is 2.36. The molecule has 4 rings (SSSR count). The van der Waals surface area contributed by atoms with Gasteiger partial charge in [0.25, 0.3) is 11.8 Å². The summed E-state index contributed by atoms with van der Waals surface area (Å²) in [6.45, 7) is 2.14. The van der Waals surface area contributed by atoms with Crippen LogP contribution in [-0.4, -0.2) is 36.0 Å². The molecule has 3 aromatic rings. The summed E-state index contributed by atoms with van der Waals surface area (Å²) in [7, 11) is 1.45. The number of anilines is 1. The van der Waals surface area contributed by atoms with Crippen molar-refractivity contribution in [3.8, 4) is 11.5 Å². The number of benzene rings is 3. The van der Waals surface area contributed by atoms with Gasteiger partial charge in [-0.05, 0) is 81.5 Å². The molecule has 2 N–H and O–H groups in total. The van der Waals surface area contributed by atoms with E-state index in [0.29, 0.717) is 27.2 Å². The lowest BCUT2D eigenvalue weighted by Gasteiger charge is -2.26. The van der Waals surface area contributed by atoms with Crippen molar-refractivity contribution in [3.05, 3.63) is 93.0 Å². The number of aryl methyl sites for hydroxylation is 1. The van der Waals surface area contributed by atoms with E-state index in [1.54, 1.807) is 36.4 Å². The Labute approximate surface area is 226 Å². The highest BCUT2D eigenvalue weighted by molar-refractivity contribution is 9.10. The zero-order valence-corrected chi connectivity index (χ0v) is 22.1. The molecule has 0 radical (unpaired) electrons. The SMILES string of the molecule is CCc1ccc(N2C(=O)NC(=O)/C(=C/c3cc(Br)c(OCc4ccc(C(=O)O)cc4)c(OC)c3)C2=O)cc1. The third-order valence-corrected chi connectivity index (χ3v) is 6.44. The Bertz CT molecular complexity index is 1450. The zero-order valence-electron chi connectivity index (χ0n) is 20.5. The predicted molar refractivity (Wildman–Crippen MR) is 143 cm³/mol. The number of urea groups is 1. The van der Waals surface area contributed by atoms with Crippen molar-refractivity contribution in [3.63, 3.8) is 0 Å². The molecule has 9 nitrogen and oxygen atoms in total. The molecule has 3 aromatic carbocycles. The third-order valence-electron chi connectivity index (χ3n) is 5.85. The standard InChI is InChI=1S/C28H23BrN2O7/c1-3-16-6-10-20(11-7-16)31-26(33)21(25(32)30-28(31)36)12-18-13-22(29)24(23(14-18)37-2)38-15-17-4-8-19(9-5-17)27(34)35/h4-14H,3,15H2,1-2H3,(H,34,35)(H,30,32,36)/b21-12-. The van der Waals surface area contributed by atoms with Gasteiger partial charge in [0.1, 0.15) is 12.2 Å². The Morgan fingerprint density at radius 1 is 1.03 bits per heavy atom. The average Bonchev–Trinajstić information content (AvgIpc) is 2.90. The van der Waals surface area contributed by atoms with Crippen LogP contribution in [0.25, 0.3) is 6.08 Å². The zero-order chi connectivity index (χ0) is 27.4. The van der Waals surface area contributed by atoms with E-state index in [-0.39, 0.29) is 17.7 Å². The lowest BCUT2D eigenvalue weighted by atomic mass is 10.1. The maximum atomic E-state index is 13.2. The summed E-state index contributed by atoms with van der Waals surface area (Å²) in [5, 5.41) is 11.3. The highest BCUT2D eigenvalue weighted by Crippen LogP contribution is 2.38. The summed E-state index contributed by atoms with van der Waals surface area (Å²) < 4.78 is 11.9. The molecule has 10 heteroatoms. The van der Waals surface area contributed by atoms with Gasteiger partial charge in [0.05, 0.1) is 22.8 Å². The molecule has 0 spiro atoms. The number of hydrogen-bond donors (Lipinski definition) is 2. The number of nitrogens with zero attached hydrogens (tertiary/aromatic N) is 1. The van der Waals surface area contributed by atoms with E-state index in [1.165, 1.54) is 25.3 Å². The smallest absolute Gasteiger partial charge is 0.335 e. The number of amides is 4. The van der Waals surface area contributed by atoms with Crippen LogP contribution in [0.4, 0.5) is 10.5 Å². The molecule has 4 amide bonds. The molecule has 0 saturated carbocycles. The van der Waals surface area contributed by atoms with Crippen molar-refractivity contribution >= 4 is 51.5 Å². The van der Waals surface area contributed by atoms with Crippen LogP contribution in [-0.2, 0) is 22.6 Å². The fourth-order valence-corrected chi connectivity index (χ4v) is 4.38. The van der Waals surface area contributed by atoms with E-state index in [2.05, 4.69) is 21.2 Å². The number of barbiturate groups is 1. The number of hydrogen-bond acceptors (Lipinski definition) is 6. The fraction of sp³-hybridized carbons (Fsp3) is 0.143. The molecule has 194 valence electrons. The summed E-state index contributed by atoms with van der Waals surface area (Å²) in [6, 6.07) is 15.6. The molecule has 0 unspecified atom stereocenters. The van der Waals surface area contributed by atoms with Gasteiger partial charge in [-0.15, -0.1) is 0 Å². The van der Waals surface area contributed by atoms with Gasteiger partial charge in [-0.25, -0.2) is 14.5 Å². The first-order chi connectivity index (χ1) is 18.2. The quantitative estimate of drug-likeness (QED) is 0.286. The molecular formula is C28H23BrN2O7. The van der Waals surface area contributed by atoms with Crippen LogP contribution in [0.3, 0.4) is 0 Å². The van der Waals surface area contributed by atoms with Crippen LogP contribution < -0.4 is 19.7 Å². The van der Waals surface area contributed by atoms with Gasteiger partial charge in [-0.2, -0.15) is 0 Å². The Balaban J connectivity index is 1.59. The van der Waals surface area contributed by atoms with Crippen LogP contribution in [0.15, 0.2) is 70.7 Å². The van der Waals surface area contributed by atoms with Crippen molar-refractivity contribution < 1.29 is 33.8 Å². The lowest BCUT2D eigenvalue weighted by Crippen LogP contribution is -2.54. The molecule has 38 heavy (non-hydrogen) atoms. The van der Waals surface area contributed by atoms with Crippen molar-refractivity contribution in [2.45, 2.75) is 20.0 Å². The van der Waals surface area contributed by atoms with Gasteiger partial charge < -0.3 is 14.6 Å². The molecule has 0 aromatic heterocycles. The minimum atomic E-state index is -1.02. The Hall–Kier alpha value is -4.44. The van der Waals surface area contributed by atoms with Crippen LogP contribution in [0.5, 0.6) is 11.5 Å². The van der Waals surface area contributed by atoms with E-state index in [9.17, 15) is 19.2 Å². The minimum absolute atomic E-state index is 0.143. The number of halogens is 1. The molecule has 1 saturated heterocycles. The maximum Gasteiger partial charge on any atom is 0.335 e. The number of rotatable bonds is 8. The van der Waals surface area contributed by atoms with Crippen molar-refractivity contribution in [2.24, 2.45) is 0 Å². The van der Waals surface area contributed by atoms with E-state index in [1.807, 2.05) is 19.1 Å². The summed E-state index contributed by atoms with van der Waals surface area (Å²) in [4.78, 5) is 50.2. The number of nitrogens with one attached hydrogen (secondary N) is 1. The number of ether oxygens (including phenoxy) is 2. The summed E-state index contributed by atoms with van der Waals surface area (Å²) in [6.07, 6.45) is 2.18. The van der Waals surface area contributed by atoms with Crippen LogP contribution >= 0.6 is 15.9 Å². The normalized spacial score (nSPS) is 14.4. The number of aromatic carboxylic acids is 1. The molecule has 0 aliphatic carbocycles. The predicted octanol–water partition coefficient (Wildman–Crippen LogP) is 4.96. The topological polar surface area (TPSA) is 122 Å². The maximum absolute atomic E-state index is 13.2. The second-order valence-corrected chi connectivity index (χ2v) is 9.16. The van der Waals surface area contributed by atoms with E-state index in [4.69, 9.17) is 14.6 Å². The third kappa shape index (κ3) is 5.60. The highest BCUT2D eigenvalue weighted by atomic mass is 79.9. The summed E-state index contributed by atoms with van der Waals surface area (Å²) >= 11 is 3.45. The first-order valence-electron chi connectivity index (χ1n) is 11.5. The van der Waals surface area contributed by atoms with Gasteiger partial charge in [0.15, 0.2) is 11.5 Å². The second kappa shape index (κ2) is 11.3. The minimum Gasteiger partial charge on any atom is -0.493 e. The largest absolute Gasteiger partial charge is 0.493 e. The number of carbonyl (C=O) groups is 4. The number of methoxy groups -OCH3 is 1. The second-order valence-electron chi connectivity index (χ2n) is 8.30. The van der Waals surface area contributed by atoms with Crippen molar-refractivity contribution in [2.75, 3.05) is 12.0 Å². The summed E-state index contributed by atoms with van der Waals surface area (Å²) in [5.74, 6) is -1.85. The van der Waals surface area contributed by atoms with Gasteiger partial charge in [0.2, 0.25) is 0 Å². The van der Waals surface area contributed by atoms with Crippen LogP contribution in [0.1, 0.15) is 34.0 Å². The van der Waals surface area contributed by atoms with Gasteiger partial charge in [-0.3, -0.25) is 14.9 Å². The molecule has 1 aliphatic rings. The van der Waals surface area contributed by atoms with Gasteiger partial charge in [0, 0.05) is 0 Å². The number of carbonyl (C=O) groups excluding carboxylic acids is 3. The molecule has 1 aliphatic heterocycles. The van der Waals surface area contributed by atoms with Crippen LogP contribution in [0, 0.1) is 0 Å². The molecule has 1 heterocycles. The van der Waals surface area contributed by atoms with Crippen molar-refractivity contribution in [1.29, 1.82) is 0 Å². The fourth-order valence-electron chi connectivity index (χ4n) is 3.80. The number of carboxylic acids is 1. The Kier molecular flexibility index (Phi) is 7.92. The van der Waals surface area contributed by atoms with E-state index < -0.39 is 23.8 Å². The molecule has 0 bridgehead atoms. The van der Waals surface area contributed by atoms with E-state index in [0.717, 1.165) is 22.4 Å². The van der Waals surface area contributed by atoms with Gasteiger partial charge >= 0.3 is 12.0 Å². The first-order valence-corrected chi connectivity index (χ1v) is 12.3. The Morgan fingerprint density at radius 2 is 1.68 bits per heavy atom. The van der Waals surface area contributed by atoms with Gasteiger partial charge in [-0.1, -0.05) is 31.2 Å². The Morgan fingerprint density at radius 3 is 2.29 bits per heavy atom. The summed E-state index contributed by atoms with van der Waals surface area (Å²) in [5.41, 5.74) is 2.55. The number of carboxylic acid groups (broad SMARTS) is 1. The molecule has 0 atom stereocenters. The van der Waals surface area contributed by atoms with Crippen LogP contribution in [0.2, 0.25) is 0 Å².